The third-order valence-electron chi connectivity index (χ3n) is 3.26. The Morgan fingerprint density at radius 2 is 2.37 bits per heavy atom. The van der Waals surface area contributed by atoms with Crippen LogP contribution in [0.2, 0.25) is 0 Å². The Balaban J connectivity index is 2.34. The average Bonchev–Trinajstić information content (AvgIpc) is 2.55. The lowest BCUT2D eigenvalue weighted by molar-refractivity contribution is -0.139. The van der Waals surface area contributed by atoms with Gasteiger partial charge in [0.1, 0.15) is 0 Å². The molecule has 1 aromatic heterocycles. The Hall–Kier alpha value is -1.96. The van der Waals surface area contributed by atoms with Crippen LogP contribution >= 0.6 is 0 Å². The van der Waals surface area contributed by atoms with Crippen LogP contribution in [-0.4, -0.2) is 32.9 Å². The summed E-state index contributed by atoms with van der Waals surface area (Å²) in [5.41, 5.74) is -3.40. The number of carboxylic acids is 1. The molecular formula is C11H13FN2O5. The van der Waals surface area contributed by atoms with Crippen molar-refractivity contribution in [1.82, 2.24) is 9.55 Å². The van der Waals surface area contributed by atoms with E-state index in [1.54, 1.807) is 0 Å². The van der Waals surface area contributed by atoms with Gasteiger partial charge in [0.25, 0.3) is 5.56 Å². The molecule has 104 valence electrons. The molecule has 1 aromatic rings. The minimum atomic E-state index is -2.01. The summed E-state index contributed by atoms with van der Waals surface area (Å²) >= 11 is 0. The van der Waals surface area contributed by atoms with Crippen LogP contribution in [0.15, 0.2) is 21.9 Å². The maximum Gasteiger partial charge on any atom is 0.330 e. The van der Waals surface area contributed by atoms with Crippen molar-refractivity contribution in [3.63, 3.8) is 0 Å². The fourth-order valence-corrected chi connectivity index (χ4v) is 2.17. The van der Waals surface area contributed by atoms with Crippen molar-refractivity contribution in [2.45, 2.75) is 25.2 Å². The lowest BCUT2D eigenvalue weighted by atomic mass is 9.89. The third kappa shape index (κ3) is 2.43. The number of carboxylic acid groups (broad SMARTS) is 1. The van der Waals surface area contributed by atoms with E-state index in [2.05, 4.69) is 0 Å². The number of hydrogen-bond acceptors (Lipinski definition) is 4. The number of ether oxygens (including phenoxy) is 1. The zero-order valence-electron chi connectivity index (χ0n) is 10.1. The van der Waals surface area contributed by atoms with Crippen molar-refractivity contribution >= 4 is 5.97 Å². The highest BCUT2D eigenvalue weighted by molar-refractivity contribution is 5.67. The lowest BCUT2D eigenvalue weighted by Crippen LogP contribution is -2.41. The zero-order valence-corrected chi connectivity index (χ0v) is 10.1. The molecule has 7 nitrogen and oxygen atoms in total. The van der Waals surface area contributed by atoms with E-state index in [-0.39, 0.29) is 13.0 Å². The van der Waals surface area contributed by atoms with Crippen molar-refractivity contribution in [3.05, 3.63) is 33.1 Å². The number of aliphatic carboxylic acids is 1. The topological polar surface area (TPSA) is 101 Å². The molecule has 0 spiro atoms. The third-order valence-corrected chi connectivity index (χ3v) is 3.26. The fourth-order valence-electron chi connectivity index (χ4n) is 2.17. The summed E-state index contributed by atoms with van der Waals surface area (Å²) in [5, 5.41) is 8.72. The summed E-state index contributed by atoms with van der Waals surface area (Å²) in [6.07, 6.45) is -0.504. The molecule has 19 heavy (non-hydrogen) atoms. The van der Waals surface area contributed by atoms with Gasteiger partial charge in [0.05, 0.1) is 13.0 Å². The fraction of sp³-hybridized carbons (Fsp3) is 0.545. The SMILES string of the molecule is CC1(F)C(CC(=O)O)COC1n1ccc(=O)[nH]c1=O. The largest absolute Gasteiger partial charge is 0.481 e. The molecule has 3 atom stereocenters. The molecular weight excluding hydrogens is 259 g/mol. The lowest BCUT2D eigenvalue weighted by Gasteiger charge is -2.26. The van der Waals surface area contributed by atoms with Gasteiger partial charge in [-0.2, -0.15) is 0 Å². The second-order valence-electron chi connectivity index (χ2n) is 4.65. The molecule has 0 bridgehead atoms. The van der Waals surface area contributed by atoms with Gasteiger partial charge in [-0.05, 0) is 6.92 Å². The molecule has 0 amide bonds. The Morgan fingerprint density at radius 1 is 1.68 bits per heavy atom. The monoisotopic (exact) mass is 272 g/mol. The molecule has 0 saturated carbocycles. The first-order valence-corrected chi connectivity index (χ1v) is 5.66. The summed E-state index contributed by atoms with van der Waals surface area (Å²) < 4.78 is 20.7. The average molecular weight is 272 g/mol. The summed E-state index contributed by atoms with van der Waals surface area (Å²) in [4.78, 5) is 35.2. The number of rotatable bonds is 3. The molecule has 1 fully saturated rings. The second-order valence-corrected chi connectivity index (χ2v) is 4.65. The molecule has 1 saturated heterocycles. The van der Waals surface area contributed by atoms with E-state index in [1.807, 2.05) is 4.98 Å². The van der Waals surface area contributed by atoms with Crippen LogP contribution in [0.1, 0.15) is 19.6 Å². The standard InChI is InChI=1S/C11H13FN2O5/c1-11(12)6(4-8(16)17)5-19-9(11)14-3-2-7(15)13-10(14)18/h2-3,6,9H,4-5H2,1H3,(H,16,17)(H,13,15,18). The molecule has 3 unspecified atom stereocenters. The maximum atomic E-state index is 14.6. The number of carbonyl (C=O) groups is 1. The van der Waals surface area contributed by atoms with Crippen LogP contribution in [0.5, 0.6) is 0 Å². The summed E-state index contributed by atoms with van der Waals surface area (Å²) in [5.74, 6) is -1.99. The van der Waals surface area contributed by atoms with Crippen molar-refractivity contribution in [2.75, 3.05) is 6.61 Å². The molecule has 2 N–H and O–H groups in total. The smallest absolute Gasteiger partial charge is 0.330 e. The number of hydrogen-bond donors (Lipinski definition) is 2. The van der Waals surface area contributed by atoms with E-state index in [0.29, 0.717) is 0 Å². The normalized spacial score (nSPS) is 30.4. The van der Waals surface area contributed by atoms with Crippen molar-refractivity contribution in [1.29, 1.82) is 0 Å². The Labute approximate surface area is 106 Å². The molecule has 0 aliphatic carbocycles. The molecule has 8 heteroatoms. The van der Waals surface area contributed by atoms with Gasteiger partial charge in [0, 0.05) is 18.2 Å². The van der Waals surface area contributed by atoms with Gasteiger partial charge in [0.15, 0.2) is 11.9 Å². The number of nitrogens with zero attached hydrogens (tertiary/aromatic N) is 1. The zero-order chi connectivity index (χ0) is 14.2. The van der Waals surface area contributed by atoms with E-state index < -0.39 is 35.0 Å². The van der Waals surface area contributed by atoms with Crippen LogP contribution in [0.4, 0.5) is 4.39 Å². The quantitative estimate of drug-likeness (QED) is 0.799. The number of H-pyrrole nitrogens is 1. The molecule has 0 aromatic carbocycles. The van der Waals surface area contributed by atoms with Crippen LogP contribution in [-0.2, 0) is 9.53 Å². The van der Waals surface area contributed by atoms with Gasteiger partial charge < -0.3 is 9.84 Å². The summed E-state index contributed by atoms with van der Waals surface area (Å²) in [7, 11) is 0. The number of nitrogens with one attached hydrogen (secondary N) is 1. The van der Waals surface area contributed by atoms with E-state index in [0.717, 1.165) is 16.8 Å². The number of aromatic amines is 1. The van der Waals surface area contributed by atoms with Crippen molar-refractivity contribution in [2.24, 2.45) is 5.92 Å². The molecule has 1 aliphatic heterocycles. The second kappa shape index (κ2) is 4.61. The minimum absolute atomic E-state index is 0.102. The first-order valence-electron chi connectivity index (χ1n) is 5.66. The van der Waals surface area contributed by atoms with Gasteiger partial charge in [-0.3, -0.25) is 19.1 Å². The van der Waals surface area contributed by atoms with E-state index in [9.17, 15) is 18.8 Å². The highest BCUT2D eigenvalue weighted by atomic mass is 19.1. The summed E-state index contributed by atoms with van der Waals surface area (Å²) in [6.45, 7) is 1.09. The van der Waals surface area contributed by atoms with E-state index >= 15 is 0 Å². The number of halogens is 1. The van der Waals surface area contributed by atoms with Crippen molar-refractivity contribution < 1.29 is 19.0 Å². The van der Waals surface area contributed by atoms with Crippen LogP contribution in [0, 0.1) is 5.92 Å². The van der Waals surface area contributed by atoms with Gasteiger partial charge in [-0.15, -0.1) is 0 Å². The number of alkyl halides is 1. The van der Waals surface area contributed by atoms with Gasteiger partial charge >= 0.3 is 11.7 Å². The van der Waals surface area contributed by atoms with Gasteiger partial charge in [-0.1, -0.05) is 0 Å². The first kappa shape index (κ1) is 13.5. The van der Waals surface area contributed by atoms with Gasteiger partial charge in [-0.25, -0.2) is 9.18 Å². The highest BCUT2D eigenvalue weighted by Crippen LogP contribution is 2.42. The first-order chi connectivity index (χ1) is 8.82. The number of aromatic nitrogens is 2. The van der Waals surface area contributed by atoms with Crippen molar-refractivity contribution in [3.8, 4) is 0 Å². The molecule has 0 radical (unpaired) electrons. The summed E-state index contributed by atoms with van der Waals surface area (Å²) in [6, 6.07) is 1.07. The molecule has 2 rings (SSSR count). The maximum absolute atomic E-state index is 14.6. The van der Waals surface area contributed by atoms with Crippen LogP contribution < -0.4 is 11.2 Å². The predicted molar refractivity (Wildman–Crippen MR) is 61.6 cm³/mol. The Morgan fingerprint density at radius 3 is 2.95 bits per heavy atom. The molecule has 2 heterocycles. The minimum Gasteiger partial charge on any atom is -0.481 e. The predicted octanol–water partition coefficient (Wildman–Crippen LogP) is -0.115. The molecule has 1 aliphatic rings. The van der Waals surface area contributed by atoms with Gasteiger partial charge in [0.2, 0.25) is 0 Å². The van der Waals surface area contributed by atoms with Crippen LogP contribution in [0.3, 0.4) is 0 Å². The van der Waals surface area contributed by atoms with E-state index in [4.69, 9.17) is 9.84 Å². The van der Waals surface area contributed by atoms with Crippen LogP contribution in [0.25, 0.3) is 0 Å². The Kier molecular flexibility index (Phi) is 3.27. The Bertz CT molecular complexity index is 606. The highest BCUT2D eigenvalue weighted by Gasteiger charge is 2.50. The van der Waals surface area contributed by atoms with E-state index in [1.165, 1.54) is 6.92 Å².